The Balaban J connectivity index is 1.65. The van der Waals surface area contributed by atoms with Gasteiger partial charge in [-0.3, -0.25) is 9.69 Å². The fourth-order valence-electron chi connectivity index (χ4n) is 3.18. The van der Waals surface area contributed by atoms with Crippen molar-refractivity contribution in [3.05, 3.63) is 93.9 Å². The van der Waals surface area contributed by atoms with E-state index in [-0.39, 0.29) is 30.9 Å². The van der Waals surface area contributed by atoms with Gasteiger partial charge in [0.15, 0.2) is 0 Å². The van der Waals surface area contributed by atoms with Gasteiger partial charge >= 0.3 is 0 Å². The van der Waals surface area contributed by atoms with Crippen LogP contribution in [0.15, 0.2) is 72.1 Å². The van der Waals surface area contributed by atoms with Crippen molar-refractivity contribution in [2.75, 3.05) is 26.2 Å². The molecule has 0 saturated carbocycles. The number of thiophene rings is 1. The normalized spacial score (nSPS) is 12.1. The summed E-state index contributed by atoms with van der Waals surface area (Å²) in [4.78, 5) is 15.7. The maximum atomic E-state index is 13.3. The zero-order chi connectivity index (χ0) is 20.5. The Morgan fingerprint density at radius 2 is 1.79 bits per heavy atom. The van der Waals surface area contributed by atoms with Gasteiger partial charge in [0, 0.05) is 18.0 Å². The SMILES string of the molecule is O=C(CN(CCO)CCc1ccccc1)NC(c1ccc(F)cc1)c1cccs1. The Labute approximate surface area is 174 Å². The molecule has 0 fully saturated rings. The van der Waals surface area contributed by atoms with Gasteiger partial charge in [-0.1, -0.05) is 48.5 Å². The Morgan fingerprint density at radius 1 is 1.03 bits per heavy atom. The number of halogens is 1. The number of rotatable bonds is 10. The van der Waals surface area contributed by atoms with E-state index in [2.05, 4.69) is 17.4 Å². The van der Waals surface area contributed by atoms with Crippen molar-refractivity contribution >= 4 is 17.2 Å². The first-order valence-corrected chi connectivity index (χ1v) is 10.5. The number of benzene rings is 2. The minimum Gasteiger partial charge on any atom is -0.395 e. The fraction of sp³-hybridized carbons (Fsp3) is 0.261. The lowest BCUT2D eigenvalue weighted by atomic mass is 10.1. The molecule has 2 N–H and O–H groups in total. The van der Waals surface area contributed by atoms with Crippen molar-refractivity contribution < 1.29 is 14.3 Å². The minimum atomic E-state index is -0.326. The van der Waals surface area contributed by atoms with E-state index in [0.717, 1.165) is 16.9 Å². The van der Waals surface area contributed by atoms with Crippen LogP contribution in [0.25, 0.3) is 0 Å². The first-order valence-electron chi connectivity index (χ1n) is 9.61. The van der Waals surface area contributed by atoms with E-state index in [9.17, 15) is 14.3 Å². The molecule has 3 aromatic rings. The van der Waals surface area contributed by atoms with E-state index in [1.165, 1.54) is 17.7 Å². The van der Waals surface area contributed by atoms with Gasteiger partial charge in [-0.15, -0.1) is 11.3 Å². The van der Waals surface area contributed by atoms with Gasteiger partial charge in [0.2, 0.25) is 5.91 Å². The number of carbonyl (C=O) groups excluding carboxylic acids is 1. The highest BCUT2D eigenvalue weighted by molar-refractivity contribution is 7.10. The van der Waals surface area contributed by atoms with Crippen molar-refractivity contribution in [2.45, 2.75) is 12.5 Å². The summed E-state index contributed by atoms with van der Waals surface area (Å²) in [5, 5.41) is 14.4. The van der Waals surface area contributed by atoms with Crippen LogP contribution in [0, 0.1) is 5.82 Å². The molecule has 29 heavy (non-hydrogen) atoms. The first kappa shape index (κ1) is 21.2. The van der Waals surface area contributed by atoms with Crippen LogP contribution < -0.4 is 5.32 Å². The molecule has 0 saturated heterocycles. The smallest absolute Gasteiger partial charge is 0.234 e. The lowest BCUT2D eigenvalue weighted by Crippen LogP contribution is -2.41. The number of nitrogens with zero attached hydrogens (tertiary/aromatic N) is 1. The third-order valence-electron chi connectivity index (χ3n) is 4.68. The van der Waals surface area contributed by atoms with Crippen LogP contribution in [-0.2, 0) is 11.2 Å². The average molecular weight is 413 g/mol. The largest absolute Gasteiger partial charge is 0.395 e. The molecule has 6 heteroatoms. The summed E-state index contributed by atoms with van der Waals surface area (Å²) < 4.78 is 13.3. The average Bonchev–Trinajstić information content (AvgIpc) is 3.26. The van der Waals surface area contributed by atoms with E-state index >= 15 is 0 Å². The first-order chi connectivity index (χ1) is 14.2. The van der Waals surface area contributed by atoms with E-state index in [1.54, 1.807) is 23.5 Å². The highest BCUT2D eigenvalue weighted by atomic mass is 32.1. The number of amides is 1. The van der Waals surface area contributed by atoms with Crippen molar-refractivity contribution in [1.82, 2.24) is 10.2 Å². The molecule has 4 nitrogen and oxygen atoms in total. The summed E-state index contributed by atoms with van der Waals surface area (Å²) in [6.45, 7) is 1.30. The van der Waals surface area contributed by atoms with E-state index in [4.69, 9.17) is 0 Å². The third kappa shape index (κ3) is 6.49. The second kappa shape index (κ2) is 10.9. The van der Waals surface area contributed by atoms with Crippen molar-refractivity contribution in [2.24, 2.45) is 0 Å². The molecule has 1 aromatic heterocycles. The predicted molar refractivity (Wildman–Crippen MR) is 114 cm³/mol. The maximum Gasteiger partial charge on any atom is 0.234 e. The molecular formula is C23H25FN2O2S. The summed E-state index contributed by atoms with van der Waals surface area (Å²) >= 11 is 1.55. The Bertz CT molecular complexity index is 870. The number of hydrogen-bond donors (Lipinski definition) is 2. The summed E-state index contributed by atoms with van der Waals surface area (Å²) in [5.41, 5.74) is 2.03. The molecule has 1 atom stereocenters. The molecule has 0 aliphatic heterocycles. The van der Waals surface area contributed by atoms with Gasteiger partial charge in [0.25, 0.3) is 0 Å². The number of hydrogen-bond acceptors (Lipinski definition) is 4. The summed E-state index contributed by atoms with van der Waals surface area (Å²) in [6.07, 6.45) is 0.806. The molecule has 0 spiro atoms. The zero-order valence-corrected chi connectivity index (χ0v) is 16.9. The standard InChI is InChI=1S/C23H25FN2O2S/c24-20-10-8-19(9-11-20)23(21-7-4-16-29-21)25-22(28)17-26(14-15-27)13-12-18-5-2-1-3-6-18/h1-11,16,23,27H,12-15,17H2,(H,25,28). The van der Waals surface area contributed by atoms with Crippen LogP contribution in [0.1, 0.15) is 22.0 Å². The van der Waals surface area contributed by atoms with Crippen molar-refractivity contribution in [3.8, 4) is 0 Å². The van der Waals surface area contributed by atoms with Crippen LogP contribution in [0.2, 0.25) is 0 Å². The van der Waals surface area contributed by atoms with Gasteiger partial charge in [-0.05, 0) is 41.1 Å². The Kier molecular flexibility index (Phi) is 7.93. The molecule has 0 radical (unpaired) electrons. The molecule has 1 unspecified atom stereocenters. The summed E-state index contributed by atoms with van der Waals surface area (Å²) in [6, 6.07) is 19.8. The van der Waals surface area contributed by atoms with E-state index < -0.39 is 0 Å². The van der Waals surface area contributed by atoms with Crippen LogP contribution >= 0.6 is 11.3 Å². The summed E-state index contributed by atoms with van der Waals surface area (Å²) in [7, 11) is 0. The van der Waals surface area contributed by atoms with E-state index in [0.29, 0.717) is 13.1 Å². The minimum absolute atomic E-state index is 0.00557. The van der Waals surface area contributed by atoms with Crippen LogP contribution in [-0.4, -0.2) is 42.2 Å². The number of carbonyl (C=O) groups is 1. The second-order valence-electron chi connectivity index (χ2n) is 6.80. The molecule has 0 aliphatic rings. The molecule has 1 heterocycles. The lowest BCUT2D eigenvalue weighted by Gasteiger charge is -2.23. The van der Waals surface area contributed by atoms with Crippen LogP contribution in [0.5, 0.6) is 0 Å². The highest BCUT2D eigenvalue weighted by Gasteiger charge is 2.19. The lowest BCUT2D eigenvalue weighted by molar-refractivity contribution is -0.122. The zero-order valence-electron chi connectivity index (χ0n) is 16.1. The third-order valence-corrected chi connectivity index (χ3v) is 5.62. The van der Waals surface area contributed by atoms with Crippen LogP contribution in [0.3, 0.4) is 0 Å². The number of nitrogens with one attached hydrogen (secondary N) is 1. The molecule has 3 rings (SSSR count). The topological polar surface area (TPSA) is 52.6 Å². The quantitative estimate of drug-likeness (QED) is 0.535. The molecule has 2 aromatic carbocycles. The van der Waals surface area contributed by atoms with Gasteiger partial charge in [-0.25, -0.2) is 4.39 Å². The van der Waals surface area contributed by atoms with Gasteiger partial charge in [-0.2, -0.15) is 0 Å². The monoisotopic (exact) mass is 412 g/mol. The highest BCUT2D eigenvalue weighted by Crippen LogP contribution is 2.26. The van der Waals surface area contributed by atoms with Crippen molar-refractivity contribution in [1.29, 1.82) is 0 Å². The molecule has 0 aliphatic carbocycles. The molecule has 152 valence electrons. The van der Waals surface area contributed by atoms with Gasteiger partial charge in [0.1, 0.15) is 5.82 Å². The number of aliphatic hydroxyl groups excluding tert-OH is 1. The van der Waals surface area contributed by atoms with Crippen LogP contribution in [0.4, 0.5) is 4.39 Å². The van der Waals surface area contributed by atoms with Crippen molar-refractivity contribution in [3.63, 3.8) is 0 Å². The summed E-state index contributed by atoms with van der Waals surface area (Å²) in [5.74, 6) is -0.436. The number of aliphatic hydroxyl groups is 1. The van der Waals surface area contributed by atoms with Gasteiger partial charge < -0.3 is 10.4 Å². The maximum absolute atomic E-state index is 13.3. The molecule has 1 amide bonds. The molecule has 0 bridgehead atoms. The fourth-order valence-corrected chi connectivity index (χ4v) is 3.98. The molecular weight excluding hydrogens is 387 g/mol. The predicted octanol–water partition coefficient (Wildman–Crippen LogP) is 3.63. The Morgan fingerprint density at radius 3 is 2.45 bits per heavy atom. The van der Waals surface area contributed by atoms with Gasteiger partial charge in [0.05, 0.1) is 19.2 Å². The second-order valence-corrected chi connectivity index (χ2v) is 7.78. The Hall–Kier alpha value is -2.54. The van der Waals surface area contributed by atoms with E-state index in [1.807, 2.05) is 40.6 Å².